The minimum Gasteiger partial charge on any atom is -0.465 e. The van der Waals surface area contributed by atoms with Crippen LogP contribution in [0, 0.1) is 3.57 Å². The Bertz CT molecular complexity index is 747. The number of ether oxygens (including phenoxy) is 1. The van der Waals surface area contributed by atoms with E-state index in [0.29, 0.717) is 11.1 Å². The number of rotatable bonds is 3. The molecule has 0 saturated heterocycles. The third-order valence-corrected chi connectivity index (χ3v) is 3.80. The molecule has 0 saturated carbocycles. The van der Waals surface area contributed by atoms with Crippen LogP contribution in [0.4, 0.5) is 5.69 Å². The van der Waals surface area contributed by atoms with E-state index in [1.807, 2.05) is 24.3 Å². The number of hydrogen-bond donors (Lipinski definition) is 2. The standard InChI is InChI=1S/C16H13IN2O3S/c1-22-15(21)11-4-2-3-10(9-11)14(20)19-16(23)18-13-7-5-12(17)6-8-13/h2-9H,1H3,(H2,18,19,20,23). The predicted molar refractivity (Wildman–Crippen MR) is 101 cm³/mol. The van der Waals surface area contributed by atoms with Crippen LogP contribution in [-0.2, 0) is 4.74 Å². The lowest BCUT2D eigenvalue weighted by Crippen LogP contribution is -2.34. The molecule has 2 rings (SSSR count). The summed E-state index contributed by atoms with van der Waals surface area (Å²) >= 11 is 7.32. The summed E-state index contributed by atoms with van der Waals surface area (Å²) in [5.74, 6) is -0.905. The molecular formula is C16H13IN2O3S. The van der Waals surface area contributed by atoms with Crippen molar-refractivity contribution in [3.8, 4) is 0 Å². The lowest BCUT2D eigenvalue weighted by atomic mass is 10.1. The summed E-state index contributed by atoms with van der Waals surface area (Å²) < 4.78 is 5.73. The van der Waals surface area contributed by atoms with Gasteiger partial charge in [-0.3, -0.25) is 10.1 Å². The molecule has 0 spiro atoms. The number of methoxy groups -OCH3 is 1. The van der Waals surface area contributed by atoms with Gasteiger partial charge in [0, 0.05) is 14.8 Å². The largest absolute Gasteiger partial charge is 0.465 e. The average Bonchev–Trinajstić information content (AvgIpc) is 2.56. The Labute approximate surface area is 152 Å². The van der Waals surface area contributed by atoms with Gasteiger partial charge in [-0.25, -0.2) is 4.79 Å². The highest BCUT2D eigenvalue weighted by Gasteiger charge is 2.11. The maximum atomic E-state index is 12.2. The fraction of sp³-hybridized carbons (Fsp3) is 0.0625. The number of benzene rings is 2. The summed E-state index contributed by atoms with van der Waals surface area (Å²) in [6, 6.07) is 13.8. The molecule has 0 aliphatic heterocycles. The zero-order chi connectivity index (χ0) is 16.8. The molecule has 0 atom stereocenters. The maximum absolute atomic E-state index is 12.2. The number of esters is 1. The van der Waals surface area contributed by atoms with Crippen LogP contribution in [0.25, 0.3) is 0 Å². The number of amides is 1. The van der Waals surface area contributed by atoms with E-state index >= 15 is 0 Å². The highest BCUT2D eigenvalue weighted by molar-refractivity contribution is 14.1. The second-order valence-corrected chi connectivity index (χ2v) is 6.14. The Kier molecular flexibility index (Phi) is 6.05. The van der Waals surface area contributed by atoms with Crippen LogP contribution in [0.1, 0.15) is 20.7 Å². The Morgan fingerprint density at radius 3 is 2.39 bits per heavy atom. The smallest absolute Gasteiger partial charge is 0.337 e. The first-order chi connectivity index (χ1) is 11.0. The Morgan fingerprint density at radius 1 is 1.09 bits per heavy atom. The summed E-state index contributed by atoms with van der Waals surface area (Å²) in [7, 11) is 1.29. The number of thiocarbonyl (C=S) groups is 1. The van der Waals surface area contributed by atoms with Crippen molar-refractivity contribution in [2.75, 3.05) is 12.4 Å². The van der Waals surface area contributed by atoms with Crippen molar-refractivity contribution in [1.29, 1.82) is 0 Å². The average molecular weight is 440 g/mol. The van der Waals surface area contributed by atoms with Crippen molar-refractivity contribution >= 4 is 57.5 Å². The van der Waals surface area contributed by atoms with E-state index in [9.17, 15) is 9.59 Å². The van der Waals surface area contributed by atoms with Gasteiger partial charge in [-0.15, -0.1) is 0 Å². The molecule has 1 amide bonds. The molecule has 0 aliphatic rings. The molecule has 23 heavy (non-hydrogen) atoms. The van der Waals surface area contributed by atoms with Crippen molar-refractivity contribution in [3.63, 3.8) is 0 Å². The van der Waals surface area contributed by atoms with Gasteiger partial charge < -0.3 is 10.1 Å². The Morgan fingerprint density at radius 2 is 1.74 bits per heavy atom. The first kappa shape index (κ1) is 17.4. The number of anilines is 1. The van der Waals surface area contributed by atoms with Crippen molar-refractivity contribution < 1.29 is 14.3 Å². The van der Waals surface area contributed by atoms with Gasteiger partial charge in [-0.1, -0.05) is 6.07 Å². The van der Waals surface area contributed by atoms with Crippen LogP contribution < -0.4 is 10.6 Å². The lowest BCUT2D eigenvalue weighted by Gasteiger charge is -2.10. The summed E-state index contributed by atoms with van der Waals surface area (Å²) in [6.07, 6.45) is 0. The van der Waals surface area contributed by atoms with Crippen LogP contribution in [0.2, 0.25) is 0 Å². The second kappa shape index (κ2) is 8.02. The molecule has 0 bridgehead atoms. The fourth-order valence-electron chi connectivity index (χ4n) is 1.78. The van der Waals surface area contributed by atoms with E-state index in [0.717, 1.165) is 9.26 Å². The van der Waals surface area contributed by atoms with Crippen molar-refractivity contribution in [1.82, 2.24) is 5.32 Å². The van der Waals surface area contributed by atoms with Gasteiger partial charge in [0.1, 0.15) is 0 Å². The monoisotopic (exact) mass is 440 g/mol. The highest BCUT2D eigenvalue weighted by Crippen LogP contribution is 2.11. The Balaban J connectivity index is 2.02. The fourth-order valence-corrected chi connectivity index (χ4v) is 2.35. The van der Waals surface area contributed by atoms with E-state index in [-0.39, 0.29) is 5.11 Å². The molecule has 7 heteroatoms. The van der Waals surface area contributed by atoms with E-state index < -0.39 is 11.9 Å². The minimum absolute atomic E-state index is 0.180. The number of hydrogen-bond acceptors (Lipinski definition) is 4. The summed E-state index contributed by atoms with van der Waals surface area (Å²) in [6.45, 7) is 0. The lowest BCUT2D eigenvalue weighted by molar-refractivity contribution is 0.0600. The van der Waals surface area contributed by atoms with Gasteiger partial charge in [-0.2, -0.15) is 0 Å². The highest BCUT2D eigenvalue weighted by atomic mass is 127. The van der Waals surface area contributed by atoms with Crippen LogP contribution in [0.5, 0.6) is 0 Å². The van der Waals surface area contributed by atoms with Crippen LogP contribution in [0.3, 0.4) is 0 Å². The zero-order valence-corrected chi connectivity index (χ0v) is 15.1. The molecule has 2 aromatic rings. The van der Waals surface area contributed by atoms with Gasteiger partial charge >= 0.3 is 5.97 Å². The van der Waals surface area contributed by atoms with Crippen molar-refractivity contribution in [2.24, 2.45) is 0 Å². The molecular weight excluding hydrogens is 427 g/mol. The molecule has 0 aromatic heterocycles. The number of nitrogens with one attached hydrogen (secondary N) is 2. The van der Waals surface area contributed by atoms with Gasteiger partial charge in [0.25, 0.3) is 5.91 Å². The van der Waals surface area contributed by atoms with Crippen LogP contribution in [0.15, 0.2) is 48.5 Å². The molecule has 5 nitrogen and oxygen atoms in total. The summed E-state index contributed by atoms with van der Waals surface area (Å²) in [5, 5.41) is 5.67. The van der Waals surface area contributed by atoms with Crippen molar-refractivity contribution in [3.05, 3.63) is 63.2 Å². The van der Waals surface area contributed by atoms with Gasteiger partial charge in [0.15, 0.2) is 5.11 Å². The van der Waals surface area contributed by atoms with E-state index in [1.165, 1.54) is 13.2 Å². The van der Waals surface area contributed by atoms with E-state index in [2.05, 4.69) is 38.0 Å². The number of halogens is 1. The number of carbonyl (C=O) groups excluding carboxylic acids is 2. The van der Waals surface area contributed by atoms with E-state index in [4.69, 9.17) is 12.2 Å². The molecule has 0 aliphatic carbocycles. The molecule has 0 heterocycles. The van der Waals surface area contributed by atoms with Gasteiger partial charge in [0.2, 0.25) is 0 Å². The molecule has 0 radical (unpaired) electrons. The van der Waals surface area contributed by atoms with Gasteiger partial charge in [-0.05, 0) is 77.3 Å². The normalized spacial score (nSPS) is 9.83. The second-order valence-electron chi connectivity index (χ2n) is 4.49. The SMILES string of the molecule is COC(=O)c1cccc(C(=O)NC(=S)Nc2ccc(I)cc2)c1. The summed E-state index contributed by atoms with van der Waals surface area (Å²) in [4.78, 5) is 23.7. The van der Waals surface area contributed by atoms with Crippen LogP contribution >= 0.6 is 34.8 Å². The summed E-state index contributed by atoms with van der Waals surface area (Å²) in [5.41, 5.74) is 1.40. The van der Waals surface area contributed by atoms with Crippen LogP contribution in [-0.4, -0.2) is 24.1 Å². The molecule has 0 fully saturated rings. The molecule has 0 unspecified atom stereocenters. The number of carbonyl (C=O) groups is 2. The molecule has 118 valence electrons. The first-order valence-electron chi connectivity index (χ1n) is 6.56. The third kappa shape index (κ3) is 5.00. The third-order valence-electron chi connectivity index (χ3n) is 2.88. The molecule has 2 aromatic carbocycles. The first-order valence-corrected chi connectivity index (χ1v) is 8.04. The zero-order valence-electron chi connectivity index (χ0n) is 12.1. The van der Waals surface area contributed by atoms with Gasteiger partial charge in [0.05, 0.1) is 12.7 Å². The quantitative estimate of drug-likeness (QED) is 0.436. The van der Waals surface area contributed by atoms with Crippen molar-refractivity contribution in [2.45, 2.75) is 0 Å². The molecule has 2 N–H and O–H groups in total. The maximum Gasteiger partial charge on any atom is 0.337 e. The minimum atomic E-state index is -0.501. The predicted octanol–water partition coefficient (Wildman–Crippen LogP) is 3.20. The van der Waals surface area contributed by atoms with E-state index in [1.54, 1.807) is 18.2 Å². The Hall–Kier alpha value is -2.00. The topological polar surface area (TPSA) is 67.4 Å².